The maximum Gasteiger partial charge on any atom is 0.269 e. The van der Waals surface area contributed by atoms with Crippen molar-refractivity contribution in [3.63, 3.8) is 0 Å². The topological polar surface area (TPSA) is 29.4 Å². The summed E-state index contributed by atoms with van der Waals surface area (Å²) in [7, 11) is 0. The first-order valence-electron chi connectivity index (χ1n) is 5.77. The molecule has 0 aromatic heterocycles. The zero-order valence-corrected chi connectivity index (χ0v) is 11.1. The monoisotopic (exact) mass is 231 g/mol. The van der Waals surface area contributed by atoms with Crippen molar-refractivity contribution >= 4 is 11.6 Å². The number of aliphatic imine (C=N–C) groups is 1. The fourth-order valence-electron chi connectivity index (χ4n) is 1.28. The standard InChI is InChI=1S/C15H21NO/c1-6-9-11-13(8-3)15(12(4)5)16-14(17)10-7-2/h6-12H,3H2,1-2,4-5H3. The van der Waals surface area contributed by atoms with E-state index in [4.69, 9.17) is 0 Å². The molecule has 0 unspecified atom stereocenters. The molecule has 0 aliphatic rings. The Balaban J connectivity index is 5.34. The molecular formula is C15H21NO. The number of hydrogen-bond donors (Lipinski definition) is 0. The van der Waals surface area contributed by atoms with E-state index in [9.17, 15) is 4.79 Å². The van der Waals surface area contributed by atoms with Crippen LogP contribution in [0.15, 0.2) is 53.6 Å². The van der Waals surface area contributed by atoms with Crippen molar-refractivity contribution in [2.45, 2.75) is 27.7 Å². The quantitative estimate of drug-likeness (QED) is 0.401. The van der Waals surface area contributed by atoms with Gasteiger partial charge in [0, 0.05) is 6.08 Å². The van der Waals surface area contributed by atoms with E-state index in [1.54, 1.807) is 19.1 Å². The average Bonchev–Trinajstić information content (AvgIpc) is 2.28. The number of nitrogens with zero attached hydrogens (tertiary/aromatic N) is 1. The van der Waals surface area contributed by atoms with Gasteiger partial charge in [0.05, 0.1) is 5.71 Å². The highest BCUT2D eigenvalue weighted by molar-refractivity contribution is 6.10. The SMILES string of the molecule is C=CC(=CC=CC)C(=NC(=O)C=CC)C(C)C. The van der Waals surface area contributed by atoms with Crippen molar-refractivity contribution in [2.24, 2.45) is 10.9 Å². The number of carbonyl (C=O) groups is 1. The number of amides is 1. The average molecular weight is 231 g/mol. The summed E-state index contributed by atoms with van der Waals surface area (Å²) < 4.78 is 0. The molecule has 0 aliphatic heterocycles. The lowest BCUT2D eigenvalue weighted by Gasteiger charge is -2.09. The Hall–Kier alpha value is -1.70. The maximum atomic E-state index is 11.5. The molecule has 2 nitrogen and oxygen atoms in total. The summed E-state index contributed by atoms with van der Waals surface area (Å²) in [5.41, 5.74) is 1.65. The van der Waals surface area contributed by atoms with Gasteiger partial charge in [-0.15, -0.1) is 0 Å². The summed E-state index contributed by atoms with van der Waals surface area (Å²) in [4.78, 5) is 15.6. The van der Waals surface area contributed by atoms with Crippen molar-refractivity contribution in [2.75, 3.05) is 0 Å². The molecule has 92 valence electrons. The molecule has 0 fully saturated rings. The second-order valence-corrected chi connectivity index (χ2v) is 3.84. The Bertz CT molecular complexity index is 382. The number of hydrogen-bond acceptors (Lipinski definition) is 1. The van der Waals surface area contributed by atoms with E-state index in [1.807, 2.05) is 39.0 Å². The highest BCUT2D eigenvalue weighted by Gasteiger charge is 2.09. The Morgan fingerprint density at radius 1 is 1.24 bits per heavy atom. The van der Waals surface area contributed by atoms with Crippen LogP contribution >= 0.6 is 0 Å². The van der Waals surface area contributed by atoms with Crippen LogP contribution in [0.5, 0.6) is 0 Å². The van der Waals surface area contributed by atoms with Crippen LogP contribution in [-0.4, -0.2) is 11.6 Å². The Labute approximate surface area is 104 Å². The van der Waals surface area contributed by atoms with Crippen molar-refractivity contribution < 1.29 is 4.79 Å². The normalized spacial score (nSPS) is 13.9. The van der Waals surface area contributed by atoms with Crippen LogP contribution in [0.1, 0.15) is 27.7 Å². The fourth-order valence-corrected chi connectivity index (χ4v) is 1.28. The first-order chi connectivity index (χ1) is 8.06. The van der Waals surface area contributed by atoms with Gasteiger partial charge in [0.25, 0.3) is 5.91 Å². The van der Waals surface area contributed by atoms with Gasteiger partial charge in [-0.3, -0.25) is 4.79 Å². The summed E-state index contributed by atoms with van der Waals surface area (Å²) in [6, 6.07) is 0. The lowest BCUT2D eigenvalue weighted by molar-refractivity contribution is -0.113. The molecule has 0 atom stereocenters. The number of rotatable bonds is 5. The van der Waals surface area contributed by atoms with Crippen LogP contribution < -0.4 is 0 Å². The van der Waals surface area contributed by atoms with E-state index in [2.05, 4.69) is 11.6 Å². The van der Waals surface area contributed by atoms with Crippen LogP contribution in [0.4, 0.5) is 0 Å². The van der Waals surface area contributed by atoms with Crippen LogP contribution in [0.25, 0.3) is 0 Å². The lowest BCUT2D eigenvalue weighted by Crippen LogP contribution is -2.12. The maximum absolute atomic E-state index is 11.5. The number of carbonyl (C=O) groups excluding carboxylic acids is 1. The first-order valence-corrected chi connectivity index (χ1v) is 5.77. The van der Waals surface area contributed by atoms with Gasteiger partial charge in [-0.05, 0) is 25.3 Å². The predicted molar refractivity (Wildman–Crippen MR) is 75.2 cm³/mol. The Morgan fingerprint density at radius 2 is 1.88 bits per heavy atom. The minimum Gasteiger partial charge on any atom is -0.267 e. The predicted octanol–water partition coefficient (Wildman–Crippen LogP) is 3.87. The van der Waals surface area contributed by atoms with E-state index in [1.165, 1.54) is 6.08 Å². The Kier molecular flexibility index (Phi) is 7.61. The van der Waals surface area contributed by atoms with Crippen molar-refractivity contribution in [3.05, 3.63) is 48.6 Å². The zero-order chi connectivity index (χ0) is 13.3. The second kappa shape index (κ2) is 8.45. The van der Waals surface area contributed by atoms with Gasteiger partial charge in [0.2, 0.25) is 0 Å². The molecule has 0 heterocycles. The van der Waals surface area contributed by atoms with Crippen molar-refractivity contribution in [1.29, 1.82) is 0 Å². The molecule has 0 saturated carbocycles. The van der Waals surface area contributed by atoms with E-state index in [0.717, 1.165) is 11.3 Å². The van der Waals surface area contributed by atoms with Gasteiger partial charge in [0.1, 0.15) is 0 Å². The van der Waals surface area contributed by atoms with Gasteiger partial charge in [-0.1, -0.05) is 50.8 Å². The zero-order valence-electron chi connectivity index (χ0n) is 11.1. The molecule has 0 bridgehead atoms. The molecule has 0 rings (SSSR count). The van der Waals surface area contributed by atoms with Crippen molar-refractivity contribution in [3.8, 4) is 0 Å². The molecule has 0 spiro atoms. The van der Waals surface area contributed by atoms with Crippen LogP contribution in [-0.2, 0) is 4.79 Å². The third-order valence-electron chi connectivity index (χ3n) is 2.07. The molecule has 0 saturated heterocycles. The van der Waals surface area contributed by atoms with Gasteiger partial charge in [-0.25, -0.2) is 4.99 Å². The lowest BCUT2D eigenvalue weighted by atomic mass is 9.99. The van der Waals surface area contributed by atoms with Gasteiger partial charge in [0.15, 0.2) is 0 Å². The summed E-state index contributed by atoms with van der Waals surface area (Å²) in [6.07, 6.45) is 10.6. The summed E-state index contributed by atoms with van der Waals surface area (Å²) in [5.74, 6) is -0.0526. The van der Waals surface area contributed by atoms with Gasteiger partial charge < -0.3 is 0 Å². The molecular weight excluding hydrogens is 210 g/mol. The van der Waals surface area contributed by atoms with E-state index in [0.29, 0.717) is 0 Å². The second-order valence-electron chi connectivity index (χ2n) is 3.84. The van der Waals surface area contributed by atoms with E-state index < -0.39 is 0 Å². The molecule has 0 N–H and O–H groups in total. The molecule has 2 heteroatoms. The van der Waals surface area contributed by atoms with Crippen molar-refractivity contribution in [1.82, 2.24) is 0 Å². The highest BCUT2D eigenvalue weighted by atomic mass is 16.1. The summed E-state index contributed by atoms with van der Waals surface area (Å²) in [6.45, 7) is 11.5. The molecule has 17 heavy (non-hydrogen) atoms. The van der Waals surface area contributed by atoms with E-state index in [-0.39, 0.29) is 11.8 Å². The largest absolute Gasteiger partial charge is 0.269 e. The molecule has 0 aromatic carbocycles. The van der Waals surface area contributed by atoms with Crippen LogP contribution in [0, 0.1) is 5.92 Å². The van der Waals surface area contributed by atoms with E-state index >= 15 is 0 Å². The molecule has 0 radical (unpaired) electrons. The first kappa shape index (κ1) is 15.3. The third-order valence-corrected chi connectivity index (χ3v) is 2.07. The summed E-state index contributed by atoms with van der Waals surface area (Å²) in [5, 5.41) is 0. The van der Waals surface area contributed by atoms with Crippen LogP contribution in [0.3, 0.4) is 0 Å². The Morgan fingerprint density at radius 3 is 2.29 bits per heavy atom. The molecule has 0 aromatic rings. The fraction of sp³-hybridized carbons (Fsp3) is 0.333. The molecule has 1 amide bonds. The molecule has 0 aliphatic carbocycles. The number of allylic oxidation sites excluding steroid dienone is 6. The minimum atomic E-state index is -0.232. The smallest absolute Gasteiger partial charge is 0.267 e. The summed E-state index contributed by atoms with van der Waals surface area (Å²) >= 11 is 0. The van der Waals surface area contributed by atoms with Gasteiger partial charge in [-0.2, -0.15) is 0 Å². The highest BCUT2D eigenvalue weighted by Crippen LogP contribution is 2.10. The van der Waals surface area contributed by atoms with Crippen LogP contribution in [0.2, 0.25) is 0 Å². The van der Waals surface area contributed by atoms with Gasteiger partial charge >= 0.3 is 0 Å². The minimum absolute atomic E-state index is 0.179. The third kappa shape index (κ3) is 5.81.